The van der Waals surface area contributed by atoms with Gasteiger partial charge in [0.15, 0.2) is 0 Å². The molecule has 0 fully saturated rings. The summed E-state index contributed by atoms with van der Waals surface area (Å²) >= 11 is 4.89. The Labute approximate surface area is 165 Å². The van der Waals surface area contributed by atoms with E-state index in [0.29, 0.717) is 0 Å². The van der Waals surface area contributed by atoms with Crippen molar-refractivity contribution in [2.24, 2.45) is 0 Å². The summed E-state index contributed by atoms with van der Waals surface area (Å²) in [5.74, 6) is -3.76. The molecule has 1 aromatic carbocycles. The first kappa shape index (κ1) is 22.8. The lowest BCUT2D eigenvalue weighted by Gasteiger charge is -2.20. The maximum absolute atomic E-state index is 12.3. The highest BCUT2D eigenvalue weighted by molar-refractivity contribution is 8.00. The van der Waals surface area contributed by atoms with E-state index in [9.17, 15) is 24.3 Å². The molecule has 148 valence electrons. The van der Waals surface area contributed by atoms with Gasteiger partial charge in [-0.25, -0.2) is 9.59 Å². The van der Waals surface area contributed by atoms with Crippen molar-refractivity contribution in [2.45, 2.75) is 18.5 Å². The predicted molar refractivity (Wildman–Crippen MR) is 102 cm³/mol. The van der Waals surface area contributed by atoms with E-state index in [0.717, 1.165) is 17.3 Å². The number of carboxylic acids is 1. The molecule has 27 heavy (non-hydrogen) atoms. The average Bonchev–Trinajstić information content (AvgIpc) is 2.65. The number of thiol groups is 1. The summed E-state index contributed by atoms with van der Waals surface area (Å²) < 4.78 is 0. The van der Waals surface area contributed by atoms with Crippen LogP contribution in [0.15, 0.2) is 30.3 Å². The van der Waals surface area contributed by atoms with Crippen LogP contribution in [0.25, 0.3) is 0 Å². The summed E-state index contributed by atoms with van der Waals surface area (Å²) in [6.07, 6.45) is 0.0915. The van der Waals surface area contributed by atoms with Crippen LogP contribution < -0.4 is 10.6 Å². The third-order valence-electron chi connectivity index (χ3n) is 3.29. The first-order valence-corrected chi connectivity index (χ1v) is 9.55. The summed E-state index contributed by atoms with van der Waals surface area (Å²) in [7, 11) is 0. The van der Waals surface area contributed by atoms with E-state index >= 15 is 0 Å². The van der Waals surface area contributed by atoms with E-state index < -0.39 is 35.8 Å². The summed E-state index contributed by atoms with van der Waals surface area (Å²) in [5, 5.41) is 22.2. The number of hydrogen-bond donors (Lipinski definition) is 5. The third-order valence-corrected chi connectivity index (χ3v) is 4.56. The van der Waals surface area contributed by atoms with Crippen molar-refractivity contribution in [3.05, 3.63) is 35.9 Å². The molecule has 1 rings (SSSR count). The van der Waals surface area contributed by atoms with Gasteiger partial charge in [0.05, 0.1) is 11.5 Å². The van der Waals surface area contributed by atoms with Gasteiger partial charge >= 0.3 is 11.9 Å². The fourth-order valence-electron chi connectivity index (χ4n) is 2.01. The van der Waals surface area contributed by atoms with Crippen LogP contribution in [0.3, 0.4) is 0 Å². The topological polar surface area (TPSA) is 142 Å². The third kappa shape index (κ3) is 8.80. The van der Waals surface area contributed by atoms with Gasteiger partial charge in [-0.15, -0.1) is 11.8 Å². The van der Waals surface area contributed by atoms with Crippen LogP contribution in [0.2, 0.25) is 0 Å². The number of rotatable bonds is 11. The SMILES string of the molecule is O=C(CSCC(=O)OO)N[C@@H](CS)C(=O)N[C@@H](Cc1ccccc1)C(=O)O. The lowest BCUT2D eigenvalue weighted by atomic mass is 10.1. The summed E-state index contributed by atoms with van der Waals surface area (Å²) in [4.78, 5) is 49.8. The van der Waals surface area contributed by atoms with Gasteiger partial charge in [-0.1, -0.05) is 30.3 Å². The van der Waals surface area contributed by atoms with E-state index in [2.05, 4.69) is 28.1 Å². The zero-order chi connectivity index (χ0) is 20.2. The number of benzene rings is 1. The van der Waals surface area contributed by atoms with E-state index in [1.165, 1.54) is 0 Å². The molecule has 2 amide bonds. The minimum absolute atomic E-state index is 0.0431. The highest BCUT2D eigenvalue weighted by atomic mass is 32.2. The van der Waals surface area contributed by atoms with Gasteiger partial charge in [-0.3, -0.25) is 9.59 Å². The maximum atomic E-state index is 12.3. The molecule has 0 bridgehead atoms. The van der Waals surface area contributed by atoms with Crippen LogP contribution >= 0.6 is 24.4 Å². The largest absolute Gasteiger partial charge is 0.480 e. The highest BCUT2D eigenvalue weighted by Crippen LogP contribution is 2.05. The van der Waals surface area contributed by atoms with Crippen LogP contribution in [0.4, 0.5) is 0 Å². The molecule has 4 N–H and O–H groups in total. The number of thioether (sulfide) groups is 1. The van der Waals surface area contributed by atoms with Crippen molar-refractivity contribution in [3.63, 3.8) is 0 Å². The van der Waals surface area contributed by atoms with Gasteiger partial charge in [-0.05, 0) is 5.56 Å². The van der Waals surface area contributed by atoms with E-state index in [1.807, 2.05) is 0 Å². The zero-order valence-electron chi connectivity index (χ0n) is 14.2. The summed E-state index contributed by atoms with van der Waals surface area (Å²) in [6, 6.07) is 6.61. The second kappa shape index (κ2) is 12.2. The van der Waals surface area contributed by atoms with Gasteiger partial charge in [0.25, 0.3) is 0 Å². The molecule has 11 heteroatoms. The molecule has 0 saturated heterocycles. The normalized spacial score (nSPS) is 12.5. The molecule has 9 nitrogen and oxygen atoms in total. The van der Waals surface area contributed by atoms with Crippen LogP contribution in [0.1, 0.15) is 5.56 Å². The Balaban J connectivity index is 2.57. The monoisotopic (exact) mass is 416 g/mol. The molecule has 0 aliphatic rings. The number of hydrogen-bond acceptors (Lipinski definition) is 8. The lowest BCUT2D eigenvalue weighted by Crippen LogP contribution is -2.53. The fraction of sp³-hybridized carbons (Fsp3) is 0.375. The van der Waals surface area contributed by atoms with E-state index in [-0.39, 0.29) is 23.7 Å². The predicted octanol–water partition coefficient (Wildman–Crippen LogP) is -0.0375. The number of carboxylic acid groups (broad SMARTS) is 1. The van der Waals surface area contributed by atoms with Crippen molar-refractivity contribution in [1.82, 2.24) is 10.6 Å². The van der Waals surface area contributed by atoms with E-state index in [4.69, 9.17) is 5.26 Å². The number of aliphatic carboxylic acids is 1. The molecule has 0 aromatic heterocycles. The van der Waals surface area contributed by atoms with Gasteiger partial charge in [0, 0.05) is 12.2 Å². The Hall–Kier alpha value is -2.24. The smallest absolute Gasteiger partial charge is 0.351 e. The molecule has 0 aliphatic heterocycles. The molecule has 0 unspecified atom stereocenters. The zero-order valence-corrected chi connectivity index (χ0v) is 15.9. The molecular weight excluding hydrogens is 396 g/mol. The van der Waals surface area contributed by atoms with Crippen LogP contribution in [-0.2, 0) is 30.5 Å². The molecule has 0 radical (unpaired) electrons. The number of nitrogens with one attached hydrogen (secondary N) is 2. The maximum Gasteiger partial charge on any atom is 0.351 e. The average molecular weight is 416 g/mol. The van der Waals surface area contributed by atoms with Gasteiger partial charge in [0.1, 0.15) is 12.1 Å². The Morgan fingerprint density at radius 2 is 1.74 bits per heavy atom. The van der Waals surface area contributed by atoms with Crippen molar-refractivity contribution < 1.29 is 34.4 Å². The van der Waals surface area contributed by atoms with Crippen LogP contribution in [0, 0.1) is 0 Å². The molecule has 1 aromatic rings. The van der Waals surface area contributed by atoms with Gasteiger partial charge in [-0.2, -0.15) is 17.9 Å². The number of amides is 2. The molecule has 0 aliphatic carbocycles. The first-order valence-electron chi connectivity index (χ1n) is 7.76. The second-order valence-electron chi connectivity index (χ2n) is 5.35. The fourth-order valence-corrected chi connectivity index (χ4v) is 2.85. The van der Waals surface area contributed by atoms with Crippen molar-refractivity contribution in [3.8, 4) is 0 Å². The van der Waals surface area contributed by atoms with Crippen LogP contribution in [-0.4, -0.2) is 63.5 Å². The van der Waals surface area contributed by atoms with Crippen LogP contribution in [0.5, 0.6) is 0 Å². The van der Waals surface area contributed by atoms with Crippen molar-refractivity contribution >= 4 is 48.1 Å². The molecule has 2 atom stereocenters. The standard InChI is InChI=1S/C16H20N2O7S2/c19-13(8-27-9-14(20)25-24)17-12(7-26)15(21)18-11(16(22)23)6-10-4-2-1-3-5-10/h1-5,11-12,24,26H,6-9H2,(H,17,19)(H,18,21)(H,22,23)/t11-,12-/m0/s1. The Morgan fingerprint density at radius 3 is 2.30 bits per heavy atom. The highest BCUT2D eigenvalue weighted by Gasteiger charge is 2.26. The molecule has 0 spiro atoms. The minimum Gasteiger partial charge on any atom is -0.480 e. The van der Waals surface area contributed by atoms with E-state index in [1.54, 1.807) is 30.3 Å². The molecular formula is C16H20N2O7S2. The van der Waals surface area contributed by atoms with Gasteiger partial charge in [0.2, 0.25) is 11.8 Å². The minimum atomic E-state index is -1.20. The van der Waals surface area contributed by atoms with Crippen molar-refractivity contribution in [2.75, 3.05) is 17.3 Å². The quantitative estimate of drug-likeness (QED) is 0.192. The Bertz CT molecular complexity index is 657. The molecule has 0 heterocycles. The Kier molecular flexibility index (Phi) is 10.3. The summed E-state index contributed by atoms with van der Waals surface area (Å²) in [6.45, 7) is 0. The second-order valence-corrected chi connectivity index (χ2v) is 6.70. The Morgan fingerprint density at radius 1 is 1.07 bits per heavy atom. The van der Waals surface area contributed by atoms with Crippen molar-refractivity contribution in [1.29, 1.82) is 0 Å². The summed E-state index contributed by atoms with van der Waals surface area (Å²) in [5.41, 5.74) is 0.740. The number of carbonyl (C=O) groups is 4. The van der Waals surface area contributed by atoms with Gasteiger partial charge < -0.3 is 20.6 Å². The lowest BCUT2D eigenvalue weighted by molar-refractivity contribution is -0.230. The number of carbonyl (C=O) groups excluding carboxylic acids is 3. The molecule has 0 saturated carbocycles. The first-order chi connectivity index (χ1) is 12.9.